The largest absolute Gasteiger partial charge is 0.312 e. The molecule has 0 aliphatic heterocycles. The van der Waals surface area contributed by atoms with E-state index in [-0.39, 0.29) is 0 Å². The average Bonchev–Trinajstić information content (AvgIpc) is 2.85. The minimum Gasteiger partial charge on any atom is -0.312 e. The van der Waals surface area contributed by atoms with Gasteiger partial charge in [0.25, 0.3) is 0 Å². The van der Waals surface area contributed by atoms with Gasteiger partial charge in [-0.3, -0.25) is 0 Å². The van der Waals surface area contributed by atoms with Crippen molar-refractivity contribution >= 4 is 34.3 Å². The number of thiazole rings is 1. The lowest BCUT2D eigenvalue weighted by Crippen LogP contribution is -2.17. The van der Waals surface area contributed by atoms with Crippen LogP contribution in [0.4, 0.5) is 0 Å². The van der Waals surface area contributed by atoms with Crippen molar-refractivity contribution in [1.29, 1.82) is 0 Å². The highest BCUT2D eigenvalue weighted by Crippen LogP contribution is 2.29. The SMILES string of the molecule is CNC(Cc1nccs1)c1ccc(Cl)s1. The third kappa shape index (κ3) is 2.78. The van der Waals surface area contributed by atoms with Crippen molar-refractivity contribution in [2.45, 2.75) is 12.5 Å². The van der Waals surface area contributed by atoms with Crippen molar-refractivity contribution in [3.8, 4) is 0 Å². The number of hydrogen-bond donors (Lipinski definition) is 1. The second kappa shape index (κ2) is 5.07. The van der Waals surface area contributed by atoms with Gasteiger partial charge in [0.05, 0.1) is 9.34 Å². The molecule has 0 bridgehead atoms. The Labute approximate surface area is 102 Å². The molecule has 1 atom stereocenters. The molecule has 0 spiro atoms. The van der Waals surface area contributed by atoms with Gasteiger partial charge in [0.2, 0.25) is 0 Å². The molecule has 0 radical (unpaired) electrons. The first-order valence-corrected chi connectivity index (χ1v) is 6.68. The van der Waals surface area contributed by atoms with Gasteiger partial charge in [-0.05, 0) is 19.2 Å². The first-order chi connectivity index (χ1) is 7.29. The Bertz CT molecular complexity index is 411. The quantitative estimate of drug-likeness (QED) is 0.910. The summed E-state index contributed by atoms with van der Waals surface area (Å²) in [6.07, 6.45) is 2.76. The van der Waals surface area contributed by atoms with Crippen LogP contribution in [0.1, 0.15) is 15.9 Å². The molecule has 2 aromatic heterocycles. The number of aromatic nitrogens is 1. The summed E-state index contributed by atoms with van der Waals surface area (Å²) in [4.78, 5) is 5.55. The van der Waals surface area contributed by atoms with Gasteiger partial charge < -0.3 is 5.32 Å². The number of halogens is 1. The maximum absolute atomic E-state index is 5.92. The van der Waals surface area contributed by atoms with Gasteiger partial charge >= 0.3 is 0 Å². The topological polar surface area (TPSA) is 24.9 Å². The van der Waals surface area contributed by atoms with Crippen molar-refractivity contribution < 1.29 is 0 Å². The summed E-state index contributed by atoms with van der Waals surface area (Å²) >= 11 is 9.23. The summed E-state index contributed by atoms with van der Waals surface area (Å²) in [7, 11) is 1.96. The van der Waals surface area contributed by atoms with Gasteiger partial charge in [0, 0.05) is 28.9 Å². The van der Waals surface area contributed by atoms with E-state index in [2.05, 4.69) is 16.4 Å². The summed E-state index contributed by atoms with van der Waals surface area (Å²) in [6.45, 7) is 0. The van der Waals surface area contributed by atoms with Gasteiger partial charge in [-0.2, -0.15) is 0 Å². The summed E-state index contributed by atoms with van der Waals surface area (Å²) in [5.41, 5.74) is 0. The molecule has 1 unspecified atom stereocenters. The van der Waals surface area contributed by atoms with Crippen LogP contribution >= 0.6 is 34.3 Å². The molecule has 0 saturated heterocycles. The average molecular weight is 259 g/mol. The summed E-state index contributed by atoms with van der Waals surface area (Å²) < 4.78 is 0.837. The Morgan fingerprint density at radius 1 is 1.53 bits per heavy atom. The van der Waals surface area contributed by atoms with Crippen LogP contribution < -0.4 is 5.32 Å². The highest BCUT2D eigenvalue weighted by molar-refractivity contribution is 7.16. The lowest BCUT2D eigenvalue weighted by molar-refractivity contribution is 0.600. The summed E-state index contributed by atoms with van der Waals surface area (Å²) in [5.74, 6) is 0. The zero-order valence-electron chi connectivity index (χ0n) is 8.24. The highest BCUT2D eigenvalue weighted by atomic mass is 35.5. The Hall–Kier alpha value is -0.420. The molecule has 2 rings (SSSR count). The van der Waals surface area contributed by atoms with Crippen molar-refractivity contribution in [3.63, 3.8) is 0 Å². The molecule has 0 fully saturated rings. The molecule has 2 aromatic rings. The highest BCUT2D eigenvalue weighted by Gasteiger charge is 2.13. The molecule has 0 aliphatic rings. The number of nitrogens with one attached hydrogen (secondary N) is 1. The second-order valence-electron chi connectivity index (χ2n) is 3.11. The van der Waals surface area contributed by atoms with Gasteiger partial charge in [0.15, 0.2) is 0 Å². The minimum atomic E-state index is 0.314. The first-order valence-electron chi connectivity index (χ1n) is 4.60. The van der Waals surface area contributed by atoms with Crippen LogP contribution in [-0.4, -0.2) is 12.0 Å². The van der Waals surface area contributed by atoms with Crippen LogP contribution in [0, 0.1) is 0 Å². The van der Waals surface area contributed by atoms with Crippen LogP contribution in [0.5, 0.6) is 0 Å². The Morgan fingerprint density at radius 2 is 2.40 bits per heavy atom. The summed E-state index contributed by atoms with van der Waals surface area (Å²) in [6, 6.07) is 4.32. The number of rotatable bonds is 4. The lowest BCUT2D eigenvalue weighted by Gasteiger charge is -2.12. The van der Waals surface area contributed by atoms with Gasteiger partial charge in [-0.15, -0.1) is 22.7 Å². The van der Waals surface area contributed by atoms with Crippen molar-refractivity contribution in [3.05, 3.63) is 37.9 Å². The third-order valence-corrected chi connectivity index (χ3v) is 4.29. The summed E-state index contributed by atoms with van der Waals surface area (Å²) in [5, 5.41) is 6.44. The van der Waals surface area contributed by atoms with Crippen LogP contribution in [0.25, 0.3) is 0 Å². The van der Waals surface area contributed by atoms with Crippen LogP contribution in [0.15, 0.2) is 23.7 Å². The molecule has 0 aliphatic carbocycles. The van der Waals surface area contributed by atoms with E-state index in [1.807, 2.05) is 24.7 Å². The second-order valence-corrected chi connectivity index (χ2v) is 5.84. The fourth-order valence-electron chi connectivity index (χ4n) is 1.39. The minimum absolute atomic E-state index is 0.314. The van der Waals surface area contributed by atoms with E-state index in [0.29, 0.717) is 6.04 Å². The zero-order valence-corrected chi connectivity index (χ0v) is 10.6. The van der Waals surface area contributed by atoms with E-state index in [1.165, 1.54) is 4.88 Å². The molecular weight excluding hydrogens is 248 g/mol. The Kier molecular flexibility index (Phi) is 3.75. The molecular formula is C10H11ClN2S2. The third-order valence-electron chi connectivity index (χ3n) is 2.15. The molecule has 15 heavy (non-hydrogen) atoms. The molecule has 2 heterocycles. The number of nitrogens with zero attached hydrogens (tertiary/aromatic N) is 1. The maximum Gasteiger partial charge on any atom is 0.0944 e. The number of thiophene rings is 1. The van der Waals surface area contributed by atoms with Gasteiger partial charge in [-0.25, -0.2) is 4.98 Å². The smallest absolute Gasteiger partial charge is 0.0944 e. The van der Waals surface area contributed by atoms with E-state index < -0.39 is 0 Å². The van der Waals surface area contributed by atoms with E-state index in [1.54, 1.807) is 22.7 Å². The Morgan fingerprint density at radius 3 is 2.93 bits per heavy atom. The van der Waals surface area contributed by atoms with Crippen LogP contribution in [0.3, 0.4) is 0 Å². The molecule has 5 heteroatoms. The van der Waals surface area contributed by atoms with Crippen LogP contribution in [0.2, 0.25) is 4.34 Å². The molecule has 80 valence electrons. The maximum atomic E-state index is 5.92. The number of likely N-dealkylation sites (N-methyl/N-ethyl adjacent to an activating group) is 1. The van der Waals surface area contributed by atoms with Gasteiger partial charge in [0.1, 0.15) is 0 Å². The van der Waals surface area contributed by atoms with E-state index in [4.69, 9.17) is 11.6 Å². The molecule has 0 aromatic carbocycles. The predicted octanol–water partition coefficient (Wildman–Crippen LogP) is 3.36. The standard InChI is InChI=1S/C10H11ClN2S2/c1-12-7(6-10-13-4-5-14-10)8-2-3-9(11)15-8/h2-5,7,12H,6H2,1H3. The molecule has 0 amide bonds. The van der Waals surface area contributed by atoms with E-state index >= 15 is 0 Å². The molecule has 0 saturated carbocycles. The molecule has 2 nitrogen and oxygen atoms in total. The fourth-order valence-corrected chi connectivity index (χ4v) is 3.22. The Balaban J connectivity index is 2.11. The fraction of sp³-hybridized carbons (Fsp3) is 0.300. The number of hydrogen-bond acceptors (Lipinski definition) is 4. The van der Waals surface area contributed by atoms with Crippen molar-refractivity contribution in [2.24, 2.45) is 0 Å². The zero-order chi connectivity index (χ0) is 10.7. The predicted molar refractivity (Wildman–Crippen MR) is 66.9 cm³/mol. The van der Waals surface area contributed by atoms with E-state index in [0.717, 1.165) is 15.8 Å². The van der Waals surface area contributed by atoms with Crippen molar-refractivity contribution in [1.82, 2.24) is 10.3 Å². The van der Waals surface area contributed by atoms with Crippen LogP contribution in [-0.2, 0) is 6.42 Å². The monoisotopic (exact) mass is 258 g/mol. The molecule has 1 N–H and O–H groups in total. The lowest BCUT2D eigenvalue weighted by atomic mass is 10.2. The van der Waals surface area contributed by atoms with E-state index in [9.17, 15) is 0 Å². The first kappa shape index (κ1) is 11.1. The van der Waals surface area contributed by atoms with Gasteiger partial charge in [-0.1, -0.05) is 11.6 Å². The van der Waals surface area contributed by atoms with Crippen molar-refractivity contribution in [2.75, 3.05) is 7.05 Å². The normalized spacial score (nSPS) is 12.9.